The summed E-state index contributed by atoms with van der Waals surface area (Å²) in [6, 6.07) is 0. The lowest BCUT2D eigenvalue weighted by molar-refractivity contribution is -0.119. The number of ketones is 1. The molecule has 0 saturated heterocycles. The second kappa shape index (κ2) is 6.18. The Bertz CT molecular complexity index is 132. The first-order valence-corrected chi connectivity index (χ1v) is 4.81. The largest absolute Gasteiger partial charge is 0.330 e. The molecular weight excluding hydrogens is 150 g/mol. The van der Waals surface area contributed by atoms with E-state index in [2.05, 4.69) is 13.8 Å². The Morgan fingerprint density at radius 1 is 1.42 bits per heavy atom. The Kier molecular flexibility index (Phi) is 5.99. The van der Waals surface area contributed by atoms with E-state index in [0.717, 1.165) is 6.42 Å². The molecule has 0 aliphatic carbocycles. The van der Waals surface area contributed by atoms with Gasteiger partial charge < -0.3 is 5.73 Å². The minimum atomic E-state index is 0.339. The second-order valence-corrected chi connectivity index (χ2v) is 3.83. The Morgan fingerprint density at radius 2 is 2.00 bits per heavy atom. The summed E-state index contributed by atoms with van der Waals surface area (Å²) >= 11 is 0. The minimum absolute atomic E-state index is 0.339. The fourth-order valence-electron chi connectivity index (χ4n) is 1.40. The van der Waals surface area contributed by atoms with E-state index < -0.39 is 0 Å². The third kappa shape index (κ3) is 5.30. The third-order valence-corrected chi connectivity index (χ3v) is 2.05. The van der Waals surface area contributed by atoms with Gasteiger partial charge in [0, 0.05) is 12.8 Å². The summed E-state index contributed by atoms with van der Waals surface area (Å²) in [4.78, 5) is 11.1. The molecule has 2 heteroatoms. The summed E-state index contributed by atoms with van der Waals surface area (Å²) in [7, 11) is 0. The predicted octanol–water partition coefficient (Wildman–Crippen LogP) is 1.98. The van der Waals surface area contributed by atoms with Crippen LogP contribution in [0.5, 0.6) is 0 Å². The quantitative estimate of drug-likeness (QED) is 0.664. The Labute approximate surface area is 75.5 Å². The fraction of sp³-hybridized carbons (Fsp3) is 0.900. The number of nitrogens with two attached hydrogens (primary N) is 1. The summed E-state index contributed by atoms with van der Waals surface area (Å²) in [5.74, 6) is 1.38. The molecule has 0 rings (SSSR count). The van der Waals surface area contributed by atoms with Crippen LogP contribution in [0.25, 0.3) is 0 Å². The standard InChI is InChI=1S/C10H21NO/c1-4-10(12)6-9(7-11)5-8(2)3/h8-9H,4-7,11H2,1-3H3. The number of carbonyl (C=O) groups excluding carboxylic acids is 1. The SMILES string of the molecule is CCC(=O)CC(CN)CC(C)C. The fourth-order valence-corrected chi connectivity index (χ4v) is 1.40. The molecule has 1 unspecified atom stereocenters. The second-order valence-electron chi connectivity index (χ2n) is 3.83. The monoisotopic (exact) mass is 171 g/mol. The Balaban J connectivity index is 3.74. The van der Waals surface area contributed by atoms with Crippen LogP contribution < -0.4 is 5.73 Å². The van der Waals surface area contributed by atoms with Crippen molar-refractivity contribution in [2.75, 3.05) is 6.54 Å². The molecular formula is C10H21NO. The van der Waals surface area contributed by atoms with E-state index in [1.807, 2.05) is 6.92 Å². The zero-order valence-corrected chi connectivity index (χ0v) is 8.47. The highest BCUT2D eigenvalue weighted by atomic mass is 16.1. The number of hydrogen-bond acceptors (Lipinski definition) is 2. The highest BCUT2D eigenvalue weighted by Crippen LogP contribution is 2.14. The van der Waals surface area contributed by atoms with E-state index >= 15 is 0 Å². The van der Waals surface area contributed by atoms with E-state index in [0.29, 0.717) is 37.0 Å². The van der Waals surface area contributed by atoms with Gasteiger partial charge in [-0.2, -0.15) is 0 Å². The number of Topliss-reactive ketones (excluding diaryl/α,β-unsaturated/α-hetero) is 1. The van der Waals surface area contributed by atoms with Crippen molar-refractivity contribution < 1.29 is 4.79 Å². The predicted molar refractivity (Wildman–Crippen MR) is 51.9 cm³/mol. The minimum Gasteiger partial charge on any atom is -0.330 e. The maximum Gasteiger partial charge on any atom is 0.132 e. The molecule has 0 aliphatic rings. The summed E-state index contributed by atoms with van der Waals surface area (Å²) in [6.45, 7) is 6.88. The van der Waals surface area contributed by atoms with Crippen molar-refractivity contribution in [3.63, 3.8) is 0 Å². The third-order valence-electron chi connectivity index (χ3n) is 2.05. The molecule has 0 spiro atoms. The van der Waals surface area contributed by atoms with Crippen LogP contribution in [0.3, 0.4) is 0 Å². The Hall–Kier alpha value is -0.370. The van der Waals surface area contributed by atoms with Gasteiger partial charge in [0.25, 0.3) is 0 Å². The van der Waals surface area contributed by atoms with Gasteiger partial charge in [-0.15, -0.1) is 0 Å². The van der Waals surface area contributed by atoms with E-state index in [4.69, 9.17) is 5.73 Å². The zero-order valence-electron chi connectivity index (χ0n) is 8.47. The van der Waals surface area contributed by atoms with Crippen LogP contribution in [0.2, 0.25) is 0 Å². The van der Waals surface area contributed by atoms with Gasteiger partial charge in [-0.3, -0.25) is 4.79 Å². The van der Waals surface area contributed by atoms with Crippen molar-refractivity contribution >= 4 is 5.78 Å². The first-order chi connectivity index (χ1) is 5.60. The van der Waals surface area contributed by atoms with Gasteiger partial charge in [0.05, 0.1) is 0 Å². The molecule has 0 aromatic rings. The normalized spacial score (nSPS) is 13.4. The van der Waals surface area contributed by atoms with Gasteiger partial charge in [-0.1, -0.05) is 20.8 Å². The van der Waals surface area contributed by atoms with Crippen molar-refractivity contribution in [1.29, 1.82) is 0 Å². The number of carbonyl (C=O) groups is 1. The number of rotatable bonds is 6. The summed E-state index contributed by atoms with van der Waals surface area (Å²) in [6.07, 6.45) is 2.39. The molecule has 2 N–H and O–H groups in total. The molecule has 0 aliphatic heterocycles. The maximum atomic E-state index is 11.1. The smallest absolute Gasteiger partial charge is 0.132 e. The lowest BCUT2D eigenvalue weighted by atomic mass is 9.92. The van der Waals surface area contributed by atoms with Crippen LogP contribution >= 0.6 is 0 Å². The highest BCUT2D eigenvalue weighted by Gasteiger charge is 2.12. The first kappa shape index (κ1) is 11.6. The molecule has 0 aromatic heterocycles. The van der Waals surface area contributed by atoms with Crippen LogP contribution in [0.15, 0.2) is 0 Å². The van der Waals surface area contributed by atoms with Gasteiger partial charge in [0.1, 0.15) is 5.78 Å². The van der Waals surface area contributed by atoms with Crippen molar-refractivity contribution in [3.05, 3.63) is 0 Å². The van der Waals surface area contributed by atoms with Crippen LogP contribution in [0, 0.1) is 11.8 Å². The van der Waals surface area contributed by atoms with Crippen LogP contribution in [0.1, 0.15) is 40.0 Å². The average Bonchev–Trinajstić information content (AvgIpc) is 2.02. The van der Waals surface area contributed by atoms with Gasteiger partial charge >= 0.3 is 0 Å². The van der Waals surface area contributed by atoms with Gasteiger partial charge in [0.2, 0.25) is 0 Å². The van der Waals surface area contributed by atoms with Crippen molar-refractivity contribution in [3.8, 4) is 0 Å². The van der Waals surface area contributed by atoms with Gasteiger partial charge in [-0.05, 0) is 24.8 Å². The molecule has 72 valence electrons. The van der Waals surface area contributed by atoms with E-state index in [-0.39, 0.29) is 0 Å². The van der Waals surface area contributed by atoms with Crippen molar-refractivity contribution in [1.82, 2.24) is 0 Å². The highest BCUT2D eigenvalue weighted by molar-refractivity contribution is 5.78. The molecule has 2 nitrogen and oxygen atoms in total. The molecule has 0 bridgehead atoms. The summed E-state index contributed by atoms with van der Waals surface area (Å²) in [5, 5.41) is 0. The van der Waals surface area contributed by atoms with Crippen molar-refractivity contribution in [2.45, 2.75) is 40.0 Å². The molecule has 0 saturated carbocycles. The maximum absolute atomic E-state index is 11.1. The number of hydrogen-bond donors (Lipinski definition) is 1. The van der Waals surface area contributed by atoms with Crippen molar-refractivity contribution in [2.24, 2.45) is 17.6 Å². The molecule has 0 radical (unpaired) electrons. The van der Waals surface area contributed by atoms with Gasteiger partial charge in [-0.25, -0.2) is 0 Å². The topological polar surface area (TPSA) is 43.1 Å². The van der Waals surface area contributed by atoms with E-state index in [9.17, 15) is 4.79 Å². The summed E-state index contributed by atoms with van der Waals surface area (Å²) in [5.41, 5.74) is 5.57. The van der Waals surface area contributed by atoms with Gasteiger partial charge in [0.15, 0.2) is 0 Å². The first-order valence-electron chi connectivity index (χ1n) is 4.81. The lowest BCUT2D eigenvalue weighted by Crippen LogP contribution is -2.19. The van der Waals surface area contributed by atoms with Crippen LogP contribution in [-0.4, -0.2) is 12.3 Å². The summed E-state index contributed by atoms with van der Waals surface area (Å²) < 4.78 is 0. The van der Waals surface area contributed by atoms with E-state index in [1.54, 1.807) is 0 Å². The molecule has 1 atom stereocenters. The molecule has 0 fully saturated rings. The zero-order chi connectivity index (χ0) is 9.56. The molecule has 12 heavy (non-hydrogen) atoms. The molecule has 0 aromatic carbocycles. The Morgan fingerprint density at radius 3 is 2.33 bits per heavy atom. The van der Waals surface area contributed by atoms with Crippen LogP contribution in [0.4, 0.5) is 0 Å². The molecule has 0 heterocycles. The average molecular weight is 171 g/mol. The molecule has 0 amide bonds. The lowest BCUT2D eigenvalue weighted by Gasteiger charge is -2.15. The van der Waals surface area contributed by atoms with E-state index in [1.165, 1.54) is 0 Å². The van der Waals surface area contributed by atoms with Crippen LogP contribution in [-0.2, 0) is 4.79 Å².